The van der Waals surface area contributed by atoms with Gasteiger partial charge in [0.05, 0.1) is 0 Å². The first-order valence-corrected chi connectivity index (χ1v) is 6.45. The van der Waals surface area contributed by atoms with Gasteiger partial charge in [0.2, 0.25) is 5.91 Å². The predicted molar refractivity (Wildman–Crippen MR) is 80.8 cm³/mol. The fourth-order valence-electron chi connectivity index (χ4n) is 1.70. The largest absolute Gasteiger partial charge is 0.334 e. The van der Waals surface area contributed by atoms with Crippen molar-refractivity contribution in [1.29, 1.82) is 0 Å². The molecule has 6 heteroatoms. The number of hydrogen-bond donors (Lipinski definition) is 3. The summed E-state index contributed by atoms with van der Waals surface area (Å²) in [5.74, 6) is -0.134. The molecule has 0 spiro atoms. The molecule has 1 aromatic carbocycles. The van der Waals surface area contributed by atoms with Gasteiger partial charge in [-0.05, 0) is 35.9 Å². The van der Waals surface area contributed by atoms with Gasteiger partial charge in [-0.3, -0.25) is 9.78 Å². The highest BCUT2D eigenvalue weighted by molar-refractivity contribution is 5.91. The first-order valence-electron chi connectivity index (χ1n) is 6.45. The van der Waals surface area contributed by atoms with E-state index in [1.54, 1.807) is 36.7 Å². The van der Waals surface area contributed by atoms with Crippen LogP contribution in [0.1, 0.15) is 12.5 Å². The monoisotopic (exact) mass is 284 g/mol. The summed E-state index contributed by atoms with van der Waals surface area (Å²) in [4.78, 5) is 26.6. The maximum atomic E-state index is 11.7. The molecule has 0 aliphatic carbocycles. The van der Waals surface area contributed by atoms with Crippen LogP contribution < -0.4 is 16.0 Å². The van der Waals surface area contributed by atoms with Crippen molar-refractivity contribution in [2.45, 2.75) is 13.5 Å². The molecule has 108 valence electrons. The van der Waals surface area contributed by atoms with E-state index in [2.05, 4.69) is 20.9 Å². The Bertz CT molecular complexity index is 611. The molecule has 0 unspecified atom stereocenters. The molecular formula is C15H16N4O2. The summed E-state index contributed by atoms with van der Waals surface area (Å²) in [5, 5.41) is 8.10. The number of pyridine rings is 1. The van der Waals surface area contributed by atoms with E-state index in [9.17, 15) is 9.59 Å². The SMILES string of the molecule is CC(=O)Nc1ccc(NC(=O)NCc2cccnc2)cc1. The average molecular weight is 284 g/mol. The van der Waals surface area contributed by atoms with Crippen LogP contribution in [0.2, 0.25) is 0 Å². The van der Waals surface area contributed by atoms with E-state index in [1.807, 2.05) is 12.1 Å². The zero-order valence-corrected chi connectivity index (χ0v) is 11.6. The molecule has 3 amide bonds. The van der Waals surface area contributed by atoms with E-state index in [0.717, 1.165) is 5.56 Å². The fourth-order valence-corrected chi connectivity index (χ4v) is 1.70. The summed E-state index contributed by atoms with van der Waals surface area (Å²) >= 11 is 0. The molecule has 0 aliphatic rings. The molecule has 0 fully saturated rings. The molecule has 0 saturated carbocycles. The van der Waals surface area contributed by atoms with Gasteiger partial charge in [0, 0.05) is 37.2 Å². The highest BCUT2D eigenvalue weighted by atomic mass is 16.2. The number of nitrogens with zero attached hydrogens (tertiary/aromatic N) is 1. The maximum absolute atomic E-state index is 11.7. The lowest BCUT2D eigenvalue weighted by atomic mass is 10.2. The van der Waals surface area contributed by atoms with Crippen molar-refractivity contribution in [3.05, 3.63) is 54.4 Å². The number of urea groups is 1. The molecule has 3 N–H and O–H groups in total. The van der Waals surface area contributed by atoms with E-state index in [-0.39, 0.29) is 11.9 Å². The van der Waals surface area contributed by atoms with Crippen LogP contribution in [0.15, 0.2) is 48.8 Å². The van der Waals surface area contributed by atoms with Crippen molar-refractivity contribution in [2.75, 3.05) is 10.6 Å². The van der Waals surface area contributed by atoms with E-state index >= 15 is 0 Å². The van der Waals surface area contributed by atoms with Crippen LogP contribution in [0.25, 0.3) is 0 Å². The van der Waals surface area contributed by atoms with Gasteiger partial charge in [-0.1, -0.05) is 6.07 Å². The first kappa shape index (κ1) is 14.5. The van der Waals surface area contributed by atoms with Crippen LogP contribution in [0.4, 0.5) is 16.2 Å². The third-order valence-electron chi connectivity index (χ3n) is 2.64. The van der Waals surface area contributed by atoms with Gasteiger partial charge < -0.3 is 16.0 Å². The van der Waals surface area contributed by atoms with E-state index in [1.165, 1.54) is 6.92 Å². The van der Waals surface area contributed by atoms with Crippen molar-refractivity contribution >= 4 is 23.3 Å². The lowest BCUT2D eigenvalue weighted by molar-refractivity contribution is -0.114. The van der Waals surface area contributed by atoms with Crippen molar-refractivity contribution in [3.63, 3.8) is 0 Å². The quantitative estimate of drug-likeness (QED) is 0.806. The molecule has 2 rings (SSSR count). The number of aromatic nitrogens is 1. The van der Waals surface area contributed by atoms with Gasteiger partial charge in [-0.15, -0.1) is 0 Å². The first-order chi connectivity index (χ1) is 10.1. The predicted octanol–water partition coefficient (Wildman–Crippen LogP) is 2.36. The second-order valence-electron chi connectivity index (χ2n) is 4.43. The fraction of sp³-hybridized carbons (Fsp3) is 0.133. The summed E-state index contributed by atoms with van der Waals surface area (Å²) in [6.07, 6.45) is 3.38. The van der Waals surface area contributed by atoms with E-state index in [0.29, 0.717) is 17.9 Å². The van der Waals surface area contributed by atoms with Gasteiger partial charge in [0.15, 0.2) is 0 Å². The van der Waals surface area contributed by atoms with Crippen LogP contribution in [-0.4, -0.2) is 16.9 Å². The molecular weight excluding hydrogens is 268 g/mol. The minimum absolute atomic E-state index is 0.134. The number of carbonyl (C=O) groups is 2. The molecule has 21 heavy (non-hydrogen) atoms. The van der Waals surface area contributed by atoms with Crippen LogP contribution in [-0.2, 0) is 11.3 Å². The Morgan fingerprint density at radius 1 is 1.05 bits per heavy atom. The van der Waals surface area contributed by atoms with Crippen LogP contribution in [0.5, 0.6) is 0 Å². The second kappa shape index (κ2) is 7.04. The molecule has 0 saturated heterocycles. The normalized spacial score (nSPS) is 9.76. The van der Waals surface area contributed by atoms with Gasteiger partial charge >= 0.3 is 6.03 Å². The number of amides is 3. The van der Waals surface area contributed by atoms with Gasteiger partial charge in [-0.2, -0.15) is 0 Å². The van der Waals surface area contributed by atoms with Crippen LogP contribution in [0.3, 0.4) is 0 Å². The Morgan fingerprint density at radius 3 is 2.29 bits per heavy atom. The number of anilines is 2. The Morgan fingerprint density at radius 2 is 1.71 bits per heavy atom. The molecule has 0 aliphatic heterocycles. The Hall–Kier alpha value is -2.89. The third kappa shape index (κ3) is 4.94. The van der Waals surface area contributed by atoms with Crippen LogP contribution >= 0.6 is 0 Å². The summed E-state index contributed by atoms with van der Waals surface area (Å²) in [6, 6.07) is 10.3. The molecule has 0 atom stereocenters. The van der Waals surface area contributed by atoms with Crippen molar-refractivity contribution < 1.29 is 9.59 Å². The number of rotatable bonds is 4. The van der Waals surface area contributed by atoms with Crippen molar-refractivity contribution in [1.82, 2.24) is 10.3 Å². The standard InChI is InChI=1S/C15H16N4O2/c1-11(20)18-13-4-6-14(7-5-13)19-15(21)17-10-12-3-2-8-16-9-12/h2-9H,10H2,1H3,(H,18,20)(H2,17,19,21). The molecule has 2 aromatic rings. The molecule has 0 bridgehead atoms. The summed E-state index contributed by atoms with van der Waals surface area (Å²) in [7, 11) is 0. The smallest absolute Gasteiger partial charge is 0.319 e. The Labute approximate surface area is 122 Å². The van der Waals surface area contributed by atoms with Crippen LogP contribution in [0, 0.1) is 0 Å². The molecule has 1 heterocycles. The van der Waals surface area contributed by atoms with Gasteiger partial charge in [-0.25, -0.2) is 4.79 Å². The highest BCUT2D eigenvalue weighted by Crippen LogP contribution is 2.13. The summed E-state index contributed by atoms with van der Waals surface area (Å²) < 4.78 is 0. The van der Waals surface area contributed by atoms with E-state index < -0.39 is 0 Å². The Balaban J connectivity index is 1.83. The molecule has 6 nitrogen and oxygen atoms in total. The lowest BCUT2D eigenvalue weighted by Crippen LogP contribution is -2.28. The number of nitrogens with one attached hydrogen (secondary N) is 3. The number of hydrogen-bond acceptors (Lipinski definition) is 3. The number of benzene rings is 1. The van der Waals surface area contributed by atoms with Gasteiger partial charge in [0.25, 0.3) is 0 Å². The molecule has 0 radical (unpaired) electrons. The van der Waals surface area contributed by atoms with Crippen molar-refractivity contribution in [2.24, 2.45) is 0 Å². The minimum Gasteiger partial charge on any atom is -0.334 e. The lowest BCUT2D eigenvalue weighted by Gasteiger charge is -2.08. The highest BCUT2D eigenvalue weighted by Gasteiger charge is 2.02. The molecule has 1 aromatic heterocycles. The number of carbonyl (C=O) groups excluding carboxylic acids is 2. The third-order valence-corrected chi connectivity index (χ3v) is 2.64. The second-order valence-corrected chi connectivity index (χ2v) is 4.43. The van der Waals surface area contributed by atoms with Crippen molar-refractivity contribution in [3.8, 4) is 0 Å². The Kier molecular flexibility index (Phi) is 4.87. The zero-order valence-electron chi connectivity index (χ0n) is 11.6. The minimum atomic E-state index is -0.300. The zero-order chi connectivity index (χ0) is 15.1. The van der Waals surface area contributed by atoms with Gasteiger partial charge in [0.1, 0.15) is 0 Å². The average Bonchev–Trinajstić information content (AvgIpc) is 2.48. The van der Waals surface area contributed by atoms with E-state index in [4.69, 9.17) is 0 Å². The maximum Gasteiger partial charge on any atom is 0.319 e. The summed E-state index contributed by atoms with van der Waals surface area (Å²) in [6.45, 7) is 1.85. The topological polar surface area (TPSA) is 83.1 Å². The summed E-state index contributed by atoms with van der Waals surface area (Å²) in [5.41, 5.74) is 2.25.